The van der Waals surface area contributed by atoms with E-state index in [4.69, 9.17) is 5.26 Å². The van der Waals surface area contributed by atoms with Gasteiger partial charge in [0.05, 0.1) is 30.0 Å². The van der Waals surface area contributed by atoms with E-state index in [9.17, 15) is 14.0 Å². The fourth-order valence-electron chi connectivity index (χ4n) is 3.42. The highest BCUT2D eigenvalue weighted by Crippen LogP contribution is 2.43. The van der Waals surface area contributed by atoms with Crippen LogP contribution >= 0.6 is 0 Å². The zero-order valence-corrected chi connectivity index (χ0v) is 11.7. The van der Waals surface area contributed by atoms with Crippen LogP contribution in [0.3, 0.4) is 0 Å². The van der Waals surface area contributed by atoms with Crippen LogP contribution in [0.4, 0.5) is 4.39 Å². The predicted molar refractivity (Wildman–Crippen MR) is 72.1 cm³/mol. The van der Waals surface area contributed by atoms with Gasteiger partial charge in [0, 0.05) is 5.56 Å². The maximum Gasteiger partial charge on any atom is 0.233 e. The van der Waals surface area contributed by atoms with E-state index in [1.807, 2.05) is 13.0 Å². The molecule has 5 heteroatoms. The molecule has 2 amide bonds. The maximum atomic E-state index is 13.9. The first-order valence-electron chi connectivity index (χ1n) is 7.05. The summed E-state index contributed by atoms with van der Waals surface area (Å²) in [5.41, 5.74) is 0.491. The Bertz CT molecular complexity index is 641. The van der Waals surface area contributed by atoms with Crippen LogP contribution in [0.1, 0.15) is 30.9 Å². The van der Waals surface area contributed by atoms with Crippen LogP contribution in [0.2, 0.25) is 0 Å². The van der Waals surface area contributed by atoms with E-state index in [1.54, 1.807) is 0 Å². The molecule has 1 saturated carbocycles. The fourth-order valence-corrected chi connectivity index (χ4v) is 3.42. The minimum Gasteiger partial charge on any atom is -0.278 e. The van der Waals surface area contributed by atoms with Gasteiger partial charge in [0.15, 0.2) is 0 Å². The lowest BCUT2D eigenvalue weighted by molar-refractivity contribution is -0.141. The molecule has 4 nitrogen and oxygen atoms in total. The van der Waals surface area contributed by atoms with Gasteiger partial charge in [-0.1, -0.05) is 13.0 Å². The summed E-state index contributed by atoms with van der Waals surface area (Å²) in [6.45, 7) is 2.00. The smallest absolute Gasteiger partial charge is 0.233 e. The normalized spacial score (nSPS) is 27.9. The third kappa shape index (κ3) is 2.21. The van der Waals surface area contributed by atoms with E-state index in [0.717, 1.165) is 18.9 Å². The average molecular weight is 286 g/mol. The van der Waals surface area contributed by atoms with Crippen molar-refractivity contribution in [3.05, 3.63) is 35.1 Å². The number of amides is 2. The van der Waals surface area contributed by atoms with Gasteiger partial charge >= 0.3 is 0 Å². The van der Waals surface area contributed by atoms with E-state index in [2.05, 4.69) is 0 Å². The highest BCUT2D eigenvalue weighted by atomic mass is 19.1. The van der Waals surface area contributed by atoms with Crippen molar-refractivity contribution in [2.45, 2.75) is 26.3 Å². The molecule has 2 fully saturated rings. The molecular formula is C16H15FN2O2. The molecule has 0 aromatic heterocycles. The molecule has 21 heavy (non-hydrogen) atoms. The van der Waals surface area contributed by atoms with Gasteiger partial charge in [-0.2, -0.15) is 5.26 Å². The van der Waals surface area contributed by atoms with Gasteiger partial charge < -0.3 is 0 Å². The van der Waals surface area contributed by atoms with Crippen LogP contribution in [0, 0.1) is 34.9 Å². The van der Waals surface area contributed by atoms with Crippen molar-refractivity contribution in [3.8, 4) is 6.07 Å². The third-order valence-corrected chi connectivity index (χ3v) is 4.48. The first kappa shape index (κ1) is 13.7. The first-order chi connectivity index (χ1) is 10.0. The van der Waals surface area contributed by atoms with E-state index in [-0.39, 0.29) is 41.3 Å². The molecule has 0 bridgehead atoms. The van der Waals surface area contributed by atoms with E-state index < -0.39 is 5.82 Å². The molecule has 1 aromatic rings. The van der Waals surface area contributed by atoms with E-state index in [0.29, 0.717) is 5.92 Å². The summed E-state index contributed by atoms with van der Waals surface area (Å²) in [4.78, 5) is 25.8. The second-order valence-electron chi connectivity index (χ2n) is 5.97. The second kappa shape index (κ2) is 4.96. The summed E-state index contributed by atoms with van der Waals surface area (Å²) in [7, 11) is 0. The number of hydrogen-bond donors (Lipinski definition) is 0. The van der Waals surface area contributed by atoms with Gasteiger partial charge in [0.25, 0.3) is 0 Å². The lowest BCUT2D eigenvalue weighted by atomic mass is 10.00. The summed E-state index contributed by atoms with van der Waals surface area (Å²) in [6.07, 6.45) is 1.48. The summed E-state index contributed by atoms with van der Waals surface area (Å²) in [5, 5.41) is 8.72. The molecule has 1 aliphatic carbocycles. The van der Waals surface area contributed by atoms with Crippen LogP contribution in [0.25, 0.3) is 0 Å². The molecule has 2 atom stereocenters. The first-order valence-corrected chi connectivity index (χ1v) is 7.05. The molecule has 1 heterocycles. The van der Waals surface area contributed by atoms with E-state index in [1.165, 1.54) is 17.0 Å². The number of likely N-dealkylation sites (tertiary alicyclic amines) is 1. The number of nitriles is 1. The van der Waals surface area contributed by atoms with Crippen molar-refractivity contribution in [3.63, 3.8) is 0 Å². The number of benzene rings is 1. The number of rotatable bonds is 2. The van der Waals surface area contributed by atoms with Crippen molar-refractivity contribution < 1.29 is 14.0 Å². The summed E-state index contributed by atoms with van der Waals surface area (Å²) in [5.74, 6) is -0.985. The number of carbonyl (C=O) groups excluding carboxylic acids is 2. The zero-order chi connectivity index (χ0) is 15.1. The summed E-state index contributed by atoms with van der Waals surface area (Å²) < 4.78 is 13.9. The molecule has 1 aromatic carbocycles. The fraction of sp³-hybridized carbons (Fsp3) is 0.438. The topological polar surface area (TPSA) is 61.2 Å². The standard InChI is InChI=1S/C16H15FN2O2/c1-9-4-12-13(5-9)16(21)19(15(12)20)8-11-3-2-10(7-18)6-14(11)17/h2-3,6,9,12-13H,4-5,8H2,1H3. The molecule has 3 rings (SSSR count). The summed E-state index contributed by atoms with van der Waals surface area (Å²) in [6, 6.07) is 5.94. The van der Waals surface area contributed by atoms with Crippen LogP contribution in [-0.2, 0) is 16.1 Å². The molecule has 0 radical (unpaired) electrons. The molecular weight excluding hydrogens is 271 g/mol. The second-order valence-corrected chi connectivity index (χ2v) is 5.97. The lowest BCUT2D eigenvalue weighted by Gasteiger charge is -2.17. The van der Waals surface area contributed by atoms with Gasteiger partial charge in [-0.15, -0.1) is 0 Å². The summed E-state index contributed by atoms with van der Waals surface area (Å²) >= 11 is 0. The Morgan fingerprint density at radius 2 is 1.90 bits per heavy atom. The number of imide groups is 1. The quantitative estimate of drug-likeness (QED) is 0.783. The van der Waals surface area contributed by atoms with Crippen molar-refractivity contribution >= 4 is 11.8 Å². The highest BCUT2D eigenvalue weighted by molar-refractivity contribution is 6.05. The molecule has 0 N–H and O–H groups in total. The van der Waals surface area contributed by atoms with Crippen LogP contribution in [0.5, 0.6) is 0 Å². The number of fused-ring (bicyclic) bond motifs is 1. The monoisotopic (exact) mass is 286 g/mol. The average Bonchev–Trinajstić information content (AvgIpc) is 2.94. The van der Waals surface area contributed by atoms with Gasteiger partial charge in [-0.3, -0.25) is 14.5 Å². The van der Waals surface area contributed by atoms with Crippen molar-refractivity contribution in [2.24, 2.45) is 17.8 Å². The van der Waals surface area contributed by atoms with Crippen molar-refractivity contribution in [1.82, 2.24) is 4.90 Å². The van der Waals surface area contributed by atoms with Crippen molar-refractivity contribution in [2.75, 3.05) is 0 Å². The molecule has 108 valence electrons. The van der Waals surface area contributed by atoms with Gasteiger partial charge in [0.2, 0.25) is 11.8 Å². The van der Waals surface area contributed by atoms with Crippen LogP contribution in [0.15, 0.2) is 18.2 Å². The third-order valence-electron chi connectivity index (χ3n) is 4.48. The van der Waals surface area contributed by atoms with Crippen LogP contribution < -0.4 is 0 Å². The van der Waals surface area contributed by atoms with Gasteiger partial charge in [-0.05, 0) is 30.9 Å². The predicted octanol–water partition coefficient (Wildman–Crippen LogP) is 2.23. The Labute approximate surface area is 122 Å². The Hall–Kier alpha value is -2.22. The van der Waals surface area contributed by atoms with Gasteiger partial charge in [-0.25, -0.2) is 4.39 Å². The minimum absolute atomic E-state index is 0.0451. The number of nitrogens with zero attached hydrogens (tertiary/aromatic N) is 2. The molecule has 2 unspecified atom stereocenters. The molecule has 0 spiro atoms. The lowest BCUT2D eigenvalue weighted by Crippen LogP contribution is -2.32. The SMILES string of the molecule is CC1CC2C(=O)N(Cc3ccc(C#N)cc3F)C(=O)C2C1. The Kier molecular flexibility index (Phi) is 3.25. The number of halogens is 1. The Morgan fingerprint density at radius 3 is 2.43 bits per heavy atom. The number of carbonyl (C=O) groups is 2. The largest absolute Gasteiger partial charge is 0.278 e. The van der Waals surface area contributed by atoms with Gasteiger partial charge in [0.1, 0.15) is 5.82 Å². The Morgan fingerprint density at radius 1 is 1.29 bits per heavy atom. The zero-order valence-electron chi connectivity index (χ0n) is 11.7. The Balaban J connectivity index is 1.82. The number of hydrogen-bond acceptors (Lipinski definition) is 3. The molecule has 2 aliphatic rings. The van der Waals surface area contributed by atoms with Crippen molar-refractivity contribution in [1.29, 1.82) is 5.26 Å². The van der Waals surface area contributed by atoms with E-state index >= 15 is 0 Å². The maximum absolute atomic E-state index is 13.9. The van der Waals surface area contributed by atoms with Crippen LogP contribution in [-0.4, -0.2) is 16.7 Å². The molecule has 1 aliphatic heterocycles. The highest BCUT2D eigenvalue weighted by Gasteiger charge is 2.51. The minimum atomic E-state index is -0.555. The molecule has 1 saturated heterocycles.